The van der Waals surface area contributed by atoms with Crippen molar-refractivity contribution < 1.29 is 23.6 Å². The van der Waals surface area contributed by atoms with E-state index in [0.717, 1.165) is 5.56 Å². The number of aromatic nitrogens is 2. The van der Waals surface area contributed by atoms with Crippen LogP contribution >= 0.6 is 0 Å². The van der Waals surface area contributed by atoms with E-state index in [1.54, 1.807) is 12.1 Å². The Hall–Kier alpha value is -2.78. The van der Waals surface area contributed by atoms with Gasteiger partial charge in [0.2, 0.25) is 0 Å². The summed E-state index contributed by atoms with van der Waals surface area (Å²) in [4.78, 5) is 0. The summed E-state index contributed by atoms with van der Waals surface area (Å²) in [5.41, 5.74) is 8.57. The summed E-state index contributed by atoms with van der Waals surface area (Å²) >= 11 is 0. The predicted molar refractivity (Wildman–Crippen MR) is 95.2 cm³/mol. The van der Waals surface area contributed by atoms with Crippen molar-refractivity contribution in [2.24, 2.45) is 0 Å². The summed E-state index contributed by atoms with van der Waals surface area (Å²) < 4.78 is 31.5. The van der Waals surface area contributed by atoms with Gasteiger partial charge in [-0.25, -0.2) is 0 Å². The van der Waals surface area contributed by atoms with Crippen molar-refractivity contribution in [3.8, 4) is 16.9 Å². The summed E-state index contributed by atoms with van der Waals surface area (Å²) in [7, 11) is -1.75. The molecule has 0 amide bonds. The van der Waals surface area contributed by atoms with Crippen LogP contribution in [0.25, 0.3) is 22.0 Å². The first kappa shape index (κ1) is 18.0. The van der Waals surface area contributed by atoms with Gasteiger partial charge >= 0.3 is 13.2 Å². The van der Waals surface area contributed by atoms with E-state index in [1.165, 1.54) is 24.4 Å². The molecule has 3 aromatic rings. The fourth-order valence-corrected chi connectivity index (χ4v) is 2.81. The Morgan fingerprint density at radius 3 is 2.58 bits per heavy atom. The summed E-state index contributed by atoms with van der Waals surface area (Å²) in [5.74, 6) is -0.0995. The van der Waals surface area contributed by atoms with E-state index < -0.39 is 13.2 Å². The maximum absolute atomic E-state index is 13.4. The number of alkyl halides is 2. The topological polar surface area (TPSA) is 101 Å². The Balaban J connectivity index is 2.24. The number of nitrogen functional groups attached to an aromatic ring is 1. The van der Waals surface area contributed by atoms with E-state index >= 15 is 0 Å². The zero-order chi connectivity index (χ0) is 19.1. The average Bonchev–Trinajstić information content (AvgIpc) is 2.53. The Bertz CT molecular complexity index is 977. The molecule has 0 spiro atoms. The van der Waals surface area contributed by atoms with Crippen LogP contribution in [-0.2, 0) is 0 Å². The minimum atomic E-state index is -3.40. The molecule has 0 aliphatic heterocycles. The fraction of sp³-hybridized carbons (Fsp3) is 0.176. The number of nitrogens with zero attached hydrogens (tertiary/aromatic N) is 2. The largest absolute Gasteiger partial charge is 0.488 e. The Kier molecular flexibility index (Phi) is 4.51. The van der Waals surface area contributed by atoms with Gasteiger partial charge in [-0.2, -0.15) is 19.0 Å². The first-order valence-corrected chi connectivity index (χ1v) is 7.74. The lowest BCUT2D eigenvalue weighted by atomic mass is 9.79. The van der Waals surface area contributed by atoms with Crippen molar-refractivity contribution in [1.82, 2.24) is 10.2 Å². The molecule has 0 fully saturated rings. The van der Waals surface area contributed by atoms with Gasteiger partial charge in [-0.1, -0.05) is 18.2 Å². The second-order valence-electron chi connectivity index (χ2n) is 6.03. The highest BCUT2D eigenvalue weighted by Crippen LogP contribution is 2.35. The average molecular weight is 359 g/mol. The normalized spacial score (nSPS) is 11.6. The van der Waals surface area contributed by atoms with Gasteiger partial charge in [0, 0.05) is 17.9 Å². The first-order valence-electron chi connectivity index (χ1n) is 7.74. The third-order valence-electron chi connectivity index (χ3n) is 3.87. The highest BCUT2D eigenvalue weighted by atomic mass is 19.3. The summed E-state index contributed by atoms with van der Waals surface area (Å²) in [6, 6.07) is 7.33. The van der Waals surface area contributed by atoms with Crippen LogP contribution in [0.4, 0.5) is 14.5 Å². The van der Waals surface area contributed by atoms with E-state index in [0.29, 0.717) is 29.1 Å². The number of rotatable bonds is 4. The van der Waals surface area contributed by atoms with Crippen molar-refractivity contribution >= 4 is 29.2 Å². The minimum Gasteiger partial charge on any atom is -0.432 e. The van der Waals surface area contributed by atoms with Gasteiger partial charge in [0.05, 0.1) is 17.4 Å². The lowest BCUT2D eigenvalue weighted by Gasteiger charge is -2.18. The van der Waals surface area contributed by atoms with Gasteiger partial charge in [0.15, 0.2) is 0 Å². The zero-order valence-corrected chi connectivity index (χ0v) is 14.1. The number of fused-ring (bicyclic) bond motifs is 1. The highest BCUT2D eigenvalue weighted by molar-refractivity contribution is 6.58. The maximum atomic E-state index is 13.4. The molecule has 4 N–H and O–H groups in total. The van der Waals surface area contributed by atoms with Gasteiger partial charge in [0.25, 0.3) is 0 Å². The second kappa shape index (κ2) is 6.51. The SMILES string of the molecule is Cc1cc(-c2cc(B(O)O)ccc2OC(C)(F)F)cc2nncc(N)c12. The molecule has 2 aromatic carbocycles. The number of ether oxygens (including phenoxy) is 1. The summed E-state index contributed by atoms with van der Waals surface area (Å²) in [6.07, 6.45) is -1.96. The third-order valence-corrected chi connectivity index (χ3v) is 3.87. The molecule has 0 radical (unpaired) electrons. The minimum absolute atomic E-state index is 0.0995. The van der Waals surface area contributed by atoms with Crippen molar-refractivity contribution in [1.29, 1.82) is 0 Å². The molecular weight excluding hydrogens is 343 g/mol. The molecule has 3 rings (SSSR count). The quantitative estimate of drug-likeness (QED) is 0.615. The smallest absolute Gasteiger partial charge is 0.432 e. The maximum Gasteiger partial charge on any atom is 0.488 e. The number of hydrogen-bond donors (Lipinski definition) is 3. The monoisotopic (exact) mass is 359 g/mol. The molecule has 9 heteroatoms. The van der Waals surface area contributed by atoms with Gasteiger partial charge in [-0.3, -0.25) is 0 Å². The molecule has 0 unspecified atom stereocenters. The van der Waals surface area contributed by atoms with E-state index in [-0.39, 0.29) is 16.8 Å². The predicted octanol–water partition coefficient (Wildman–Crippen LogP) is 1.86. The Morgan fingerprint density at radius 2 is 1.92 bits per heavy atom. The molecular formula is C17H16BF2N3O3. The molecule has 0 saturated heterocycles. The van der Waals surface area contributed by atoms with Crippen LogP contribution in [0.2, 0.25) is 0 Å². The van der Waals surface area contributed by atoms with Crippen molar-refractivity contribution in [3.05, 3.63) is 42.1 Å². The first-order chi connectivity index (χ1) is 12.2. The van der Waals surface area contributed by atoms with Crippen molar-refractivity contribution in [3.63, 3.8) is 0 Å². The fourth-order valence-electron chi connectivity index (χ4n) is 2.81. The van der Waals surface area contributed by atoms with E-state index in [2.05, 4.69) is 10.2 Å². The second-order valence-corrected chi connectivity index (χ2v) is 6.03. The van der Waals surface area contributed by atoms with Crippen LogP contribution in [0.5, 0.6) is 5.75 Å². The molecule has 1 aromatic heterocycles. The van der Waals surface area contributed by atoms with Crippen LogP contribution in [0, 0.1) is 6.92 Å². The number of anilines is 1. The van der Waals surface area contributed by atoms with Crippen molar-refractivity contribution in [2.45, 2.75) is 20.0 Å². The summed E-state index contributed by atoms with van der Waals surface area (Å²) in [6.45, 7) is 2.44. The number of benzene rings is 2. The molecule has 134 valence electrons. The highest BCUT2D eigenvalue weighted by Gasteiger charge is 2.26. The molecule has 0 aliphatic carbocycles. The van der Waals surface area contributed by atoms with Crippen LogP contribution in [0.1, 0.15) is 12.5 Å². The molecule has 0 bridgehead atoms. The summed E-state index contributed by atoms with van der Waals surface area (Å²) in [5, 5.41) is 27.4. The Labute approximate surface area is 148 Å². The van der Waals surface area contributed by atoms with Crippen LogP contribution < -0.4 is 15.9 Å². The van der Waals surface area contributed by atoms with Crippen LogP contribution in [0.15, 0.2) is 36.5 Å². The van der Waals surface area contributed by atoms with E-state index in [9.17, 15) is 18.8 Å². The number of aryl methyl sites for hydroxylation is 1. The molecule has 0 atom stereocenters. The lowest BCUT2D eigenvalue weighted by Crippen LogP contribution is -2.30. The number of halogens is 2. The third kappa shape index (κ3) is 3.58. The van der Waals surface area contributed by atoms with Gasteiger partial charge in [-0.15, -0.1) is 0 Å². The van der Waals surface area contributed by atoms with E-state index in [1.807, 2.05) is 6.92 Å². The molecule has 26 heavy (non-hydrogen) atoms. The molecule has 1 heterocycles. The van der Waals surface area contributed by atoms with Crippen molar-refractivity contribution in [2.75, 3.05) is 5.73 Å². The Morgan fingerprint density at radius 1 is 1.19 bits per heavy atom. The standard InChI is InChI=1S/C17H16BF2N3O3/c1-9-5-10(6-14-16(9)13(21)8-22-23-14)12-7-11(18(24)25)3-4-15(12)26-17(2,19)20/h3-8,24-25H,1-2H3,(H2,21,23). The van der Waals surface area contributed by atoms with Gasteiger partial charge in [-0.05, 0) is 35.6 Å². The lowest BCUT2D eigenvalue weighted by molar-refractivity contribution is -0.158. The molecule has 6 nitrogen and oxygen atoms in total. The molecule has 0 aliphatic rings. The van der Waals surface area contributed by atoms with Crippen LogP contribution in [0.3, 0.4) is 0 Å². The number of hydrogen-bond acceptors (Lipinski definition) is 6. The van der Waals surface area contributed by atoms with Crippen LogP contribution in [-0.4, -0.2) is 33.5 Å². The molecule has 0 saturated carbocycles. The van der Waals surface area contributed by atoms with Gasteiger partial charge in [0.1, 0.15) is 5.75 Å². The van der Waals surface area contributed by atoms with Gasteiger partial charge < -0.3 is 20.5 Å². The number of nitrogens with two attached hydrogens (primary N) is 1. The zero-order valence-electron chi connectivity index (χ0n) is 14.1. The van der Waals surface area contributed by atoms with E-state index in [4.69, 9.17) is 10.5 Å².